The third kappa shape index (κ3) is 4.78. The zero-order valence-corrected chi connectivity index (χ0v) is 15.2. The van der Waals surface area contributed by atoms with Crippen LogP contribution in [0.3, 0.4) is 0 Å². The van der Waals surface area contributed by atoms with E-state index in [1.54, 1.807) is 6.92 Å². The summed E-state index contributed by atoms with van der Waals surface area (Å²) in [5.74, 6) is -2.12. The van der Waals surface area contributed by atoms with Crippen molar-refractivity contribution >= 4 is 15.7 Å². The van der Waals surface area contributed by atoms with Crippen LogP contribution in [0, 0.1) is 5.92 Å². The molecule has 0 saturated carbocycles. The third-order valence-electron chi connectivity index (χ3n) is 3.69. The minimum Gasteiger partial charge on any atom is -0.481 e. The summed E-state index contributed by atoms with van der Waals surface area (Å²) in [5.41, 5.74) is 5.49. The van der Waals surface area contributed by atoms with Gasteiger partial charge in [0.25, 0.3) is 0 Å². The Morgan fingerprint density at radius 2 is 1.71 bits per heavy atom. The molecule has 0 radical (unpaired) electrons. The van der Waals surface area contributed by atoms with Crippen molar-refractivity contribution in [3.63, 3.8) is 0 Å². The maximum Gasteiger partial charge on any atom is 0.228 e. The number of nitrogens with zero attached hydrogens (tertiary/aromatic N) is 2. The average Bonchev–Trinajstić information content (AvgIpc) is 2.50. The molecule has 9 nitrogen and oxygen atoms in total. The van der Waals surface area contributed by atoms with Crippen molar-refractivity contribution in [2.75, 3.05) is 34.2 Å². The van der Waals surface area contributed by atoms with Gasteiger partial charge in [0.1, 0.15) is 11.7 Å². The lowest BCUT2D eigenvalue weighted by Crippen LogP contribution is -2.40. The van der Waals surface area contributed by atoms with E-state index in [1.807, 2.05) is 0 Å². The van der Waals surface area contributed by atoms with E-state index in [-0.39, 0.29) is 24.2 Å². The monoisotopic (exact) mass is 361 g/mol. The van der Waals surface area contributed by atoms with E-state index in [4.69, 9.17) is 19.9 Å². The van der Waals surface area contributed by atoms with Crippen LogP contribution in [0.25, 0.3) is 0 Å². The van der Waals surface area contributed by atoms with Gasteiger partial charge in [-0.3, -0.25) is 4.79 Å². The fourth-order valence-corrected chi connectivity index (χ4v) is 3.76. The number of amides is 1. The highest BCUT2D eigenvalue weighted by Crippen LogP contribution is 2.30. The quantitative estimate of drug-likeness (QED) is 0.637. The van der Waals surface area contributed by atoms with Crippen LogP contribution in [-0.4, -0.2) is 63.7 Å². The first-order chi connectivity index (χ1) is 11.1. The topological polar surface area (TPSA) is 131 Å². The molecule has 24 heavy (non-hydrogen) atoms. The van der Waals surface area contributed by atoms with Crippen molar-refractivity contribution in [3.8, 4) is 11.8 Å². The van der Waals surface area contributed by atoms with Crippen molar-refractivity contribution < 1.29 is 27.4 Å². The van der Waals surface area contributed by atoms with Crippen LogP contribution in [-0.2, 0) is 19.4 Å². The average molecular weight is 361 g/mol. The van der Waals surface area contributed by atoms with Gasteiger partial charge in [-0.15, -0.1) is 0 Å². The van der Waals surface area contributed by atoms with Gasteiger partial charge in [-0.2, -0.15) is 9.97 Å². The third-order valence-corrected chi connectivity index (χ3v) is 5.36. The Balaban J connectivity index is 3.39. The molecular weight excluding hydrogens is 338 g/mol. The molecule has 0 spiro atoms. The van der Waals surface area contributed by atoms with Crippen LogP contribution in [0.2, 0.25) is 0 Å². The molecule has 2 N–H and O–H groups in total. The molecule has 3 unspecified atom stereocenters. The van der Waals surface area contributed by atoms with Gasteiger partial charge in [-0.1, -0.05) is 6.92 Å². The summed E-state index contributed by atoms with van der Waals surface area (Å²) < 4.78 is 39.2. The number of rotatable bonds is 9. The predicted molar refractivity (Wildman–Crippen MR) is 86.7 cm³/mol. The number of hydrogen-bond donors (Lipinski definition) is 1. The van der Waals surface area contributed by atoms with Gasteiger partial charge in [-0.05, 0) is 5.92 Å². The summed E-state index contributed by atoms with van der Waals surface area (Å²) in [6.45, 7) is 1.51. The Hall–Kier alpha value is -1.94. The number of primary amides is 1. The second-order valence-electron chi connectivity index (χ2n) is 5.37. The molecule has 10 heteroatoms. The molecule has 1 amide bonds. The standard InChI is InChI=1S/C14H23N3O6S/c1-8(9(7-21-2)24(5,19)20)12(13(15)18)14-16-10(22-3)6-11(17-14)23-4/h6,8-9,12H,7H2,1-5H3,(H2,15,18). The normalized spacial score (nSPS) is 15.4. The number of carbonyl (C=O) groups is 1. The Bertz CT molecular complexity index is 657. The van der Waals surface area contributed by atoms with E-state index in [0.717, 1.165) is 6.26 Å². The summed E-state index contributed by atoms with van der Waals surface area (Å²) in [6.07, 6.45) is 1.08. The number of aromatic nitrogens is 2. The molecule has 0 aliphatic heterocycles. The smallest absolute Gasteiger partial charge is 0.228 e. The SMILES string of the molecule is COCC(C(C)C(C(N)=O)c1nc(OC)cc(OC)n1)S(C)(=O)=O. The molecule has 0 aliphatic carbocycles. The lowest BCUT2D eigenvalue weighted by molar-refractivity contribution is -0.120. The maximum atomic E-state index is 12.0. The van der Waals surface area contributed by atoms with Gasteiger partial charge in [-0.25, -0.2) is 8.42 Å². The largest absolute Gasteiger partial charge is 0.481 e. The highest BCUT2D eigenvalue weighted by molar-refractivity contribution is 7.91. The zero-order chi connectivity index (χ0) is 18.5. The first-order valence-corrected chi connectivity index (χ1v) is 9.05. The van der Waals surface area contributed by atoms with Gasteiger partial charge >= 0.3 is 0 Å². The highest BCUT2D eigenvalue weighted by atomic mass is 32.2. The van der Waals surface area contributed by atoms with Crippen LogP contribution < -0.4 is 15.2 Å². The molecule has 1 aromatic rings. The van der Waals surface area contributed by atoms with Gasteiger partial charge < -0.3 is 19.9 Å². The van der Waals surface area contributed by atoms with Crippen molar-refractivity contribution in [1.82, 2.24) is 9.97 Å². The number of carbonyl (C=O) groups excluding carboxylic acids is 1. The molecule has 0 aliphatic rings. The van der Waals surface area contributed by atoms with Crippen LogP contribution in [0.5, 0.6) is 11.8 Å². The minimum atomic E-state index is -3.50. The van der Waals surface area contributed by atoms with Crippen LogP contribution in [0.4, 0.5) is 0 Å². The number of nitrogens with two attached hydrogens (primary N) is 1. The Kier molecular flexibility index (Phi) is 6.91. The summed E-state index contributed by atoms with van der Waals surface area (Å²) in [7, 11) is 0.692. The molecular formula is C14H23N3O6S. The summed E-state index contributed by atoms with van der Waals surface area (Å²) >= 11 is 0. The van der Waals surface area contributed by atoms with Gasteiger partial charge in [0.15, 0.2) is 9.84 Å². The molecule has 0 bridgehead atoms. The molecule has 3 atom stereocenters. The molecule has 136 valence electrons. The van der Waals surface area contributed by atoms with Crippen molar-refractivity contribution in [3.05, 3.63) is 11.9 Å². The molecule has 1 heterocycles. The van der Waals surface area contributed by atoms with Crippen LogP contribution in [0.1, 0.15) is 18.7 Å². The fourth-order valence-electron chi connectivity index (χ4n) is 2.43. The summed E-state index contributed by atoms with van der Waals surface area (Å²) in [5, 5.41) is -0.944. The summed E-state index contributed by atoms with van der Waals surface area (Å²) in [4.78, 5) is 20.2. The van der Waals surface area contributed by atoms with E-state index >= 15 is 0 Å². The Morgan fingerprint density at radius 3 is 2.04 bits per heavy atom. The van der Waals surface area contributed by atoms with Crippen molar-refractivity contribution in [1.29, 1.82) is 0 Å². The maximum absolute atomic E-state index is 12.0. The van der Waals surface area contributed by atoms with Gasteiger partial charge in [0, 0.05) is 13.4 Å². The predicted octanol–water partition coefficient (Wildman–Crippen LogP) is -0.242. The van der Waals surface area contributed by atoms with Gasteiger partial charge in [0.2, 0.25) is 17.7 Å². The number of sulfone groups is 1. The lowest BCUT2D eigenvalue weighted by Gasteiger charge is -2.27. The van der Waals surface area contributed by atoms with E-state index in [9.17, 15) is 13.2 Å². The van der Waals surface area contributed by atoms with E-state index < -0.39 is 32.8 Å². The molecule has 1 aromatic heterocycles. The van der Waals surface area contributed by atoms with Crippen LogP contribution >= 0.6 is 0 Å². The highest BCUT2D eigenvalue weighted by Gasteiger charge is 2.38. The molecule has 0 saturated heterocycles. The second-order valence-corrected chi connectivity index (χ2v) is 7.64. The first-order valence-electron chi connectivity index (χ1n) is 7.09. The summed E-state index contributed by atoms with van der Waals surface area (Å²) in [6, 6.07) is 1.44. The molecule has 0 fully saturated rings. The minimum absolute atomic E-state index is 0.0379. The van der Waals surface area contributed by atoms with E-state index in [2.05, 4.69) is 9.97 Å². The van der Waals surface area contributed by atoms with Crippen LogP contribution in [0.15, 0.2) is 6.07 Å². The Labute approximate surface area is 141 Å². The number of hydrogen-bond acceptors (Lipinski definition) is 8. The zero-order valence-electron chi connectivity index (χ0n) is 14.3. The lowest BCUT2D eigenvalue weighted by atomic mass is 9.89. The molecule has 1 rings (SSSR count). The number of methoxy groups -OCH3 is 3. The first kappa shape index (κ1) is 20.1. The van der Waals surface area contributed by atoms with Crippen molar-refractivity contribution in [2.24, 2.45) is 11.7 Å². The molecule has 0 aromatic carbocycles. The fraction of sp³-hybridized carbons (Fsp3) is 0.643. The van der Waals surface area contributed by atoms with E-state index in [1.165, 1.54) is 27.4 Å². The number of ether oxygens (including phenoxy) is 3. The Morgan fingerprint density at radius 1 is 1.21 bits per heavy atom. The van der Waals surface area contributed by atoms with Gasteiger partial charge in [0.05, 0.1) is 32.1 Å². The van der Waals surface area contributed by atoms with E-state index in [0.29, 0.717) is 0 Å². The second kappa shape index (κ2) is 8.25. The van der Waals surface area contributed by atoms with Crippen molar-refractivity contribution in [2.45, 2.75) is 18.1 Å².